The smallest absolute Gasteiger partial charge is 0.338 e. The van der Waals surface area contributed by atoms with Gasteiger partial charge in [0.2, 0.25) is 0 Å². The largest absolute Gasteiger partial charge is 0.449 e. The Balaban J connectivity index is 2.77. The topological polar surface area (TPSA) is 111 Å². The Morgan fingerprint density at radius 2 is 1.07 bits per heavy atom. The molecule has 0 aliphatic rings. The van der Waals surface area contributed by atoms with Gasteiger partial charge in [0.25, 0.3) is 11.8 Å². The molecule has 0 spiro atoms. The molecule has 0 aromatic heterocycles. The lowest BCUT2D eigenvalue weighted by Gasteiger charge is -2.16. The lowest BCUT2D eigenvalue weighted by molar-refractivity contribution is -0.130. The highest BCUT2D eigenvalue weighted by Crippen LogP contribution is 2.11. The van der Waals surface area contributed by atoms with E-state index in [1.54, 1.807) is 27.7 Å². The van der Waals surface area contributed by atoms with Crippen molar-refractivity contribution in [2.75, 3.05) is 0 Å². The summed E-state index contributed by atoms with van der Waals surface area (Å²) in [5, 5.41) is 5.29. The molecule has 2 atom stereocenters. The van der Waals surface area contributed by atoms with Gasteiger partial charge in [-0.05, 0) is 59.7 Å². The summed E-state index contributed by atoms with van der Waals surface area (Å²) in [6.07, 6.45) is -1.96. The van der Waals surface area contributed by atoms with Crippen LogP contribution in [-0.4, -0.2) is 48.0 Å². The van der Waals surface area contributed by atoms with Crippen LogP contribution in [0.3, 0.4) is 0 Å². The van der Waals surface area contributed by atoms with Crippen LogP contribution in [0.2, 0.25) is 0 Å². The summed E-state index contributed by atoms with van der Waals surface area (Å²) in [6.45, 7) is 10.1. The Bertz CT molecular complexity index is 672. The Kier molecular flexibility index (Phi) is 8.63. The molecular weight excluding hydrogens is 364 g/mol. The van der Waals surface area contributed by atoms with Crippen LogP contribution in [0.15, 0.2) is 24.3 Å². The fourth-order valence-corrected chi connectivity index (χ4v) is 2.14. The molecule has 28 heavy (non-hydrogen) atoms. The monoisotopic (exact) mass is 392 g/mol. The van der Waals surface area contributed by atoms with E-state index in [0.717, 1.165) is 0 Å². The average Bonchev–Trinajstić information content (AvgIpc) is 2.60. The molecule has 1 aromatic rings. The van der Waals surface area contributed by atoms with Gasteiger partial charge in [0, 0.05) is 12.1 Å². The van der Waals surface area contributed by atoms with Gasteiger partial charge in [-0.25, -0.2) is 9.59 Å². The second-order valence-electron chi connectivity index (χ2n) is 7.00. The maximum absolute atomic E-state index is 12.3. The molecule has 0 saturated heterocycles. The number of carbonyl (C=O) groups excluding carboxylic acids is 4. The first kappa shape index (κ1) is 23.1. The quantitative estimate of drug-likeness (QED) is 0.653. The number of benzene rings is 1. The van der Waals surface area contributed by atoms with E-state index in [2.05, 4.69) is 10.6 Å². The van der Waals surface area contributed by atoms with Crippen LogP contribution in [0.4, 0.5) is 0 Å². The molecule has 0 aliphatic heterocycles. The van der Waals surface area contributed by atoms with E-state index < -0.39 is 36.0 Å². The Hall–Kier alpha value is -2.90. The molecule has 154 valence electrons. The van der Waals surface area contributed by atoms with Crippen molar-refractivity contribution in [1.29, 1.82) is 0 Å². The van der Waals surface area contributed by atoms with Crippen LogP contribution in [0.1, 0.15) is 62.3 Å². The van der Waals surface area contributed by atoms with Gasteiger partial charge in [0.1, 0.15) is 0 Å². The first-order chi connectivity index (χ1) is 13.0. The highest BCUT2D eigenvalue weighted by molar-refractivity contribution is 5.97. The Labute approximate surface area is 165 Å². The third-order valence-corrected chi connectivity index (χ3v) is 3.50. The highest BCUT2D eigenvalue weighted by Gasteiger charge is 2.22. The zero-order chi connectivity index (χ0) is 21.4. The summed E-state index contributed by atoms with van der Waals surface area (Å²) in [7, 11) is 0. The first-order valence-electron chi connectivity index (χ1n) is 9.14. The molecule has 0 unspecified atom stereocenters. The van der Waals surface area contributed by atoms with Crippen LogP contribution >= 0.6 is 0 Å². The number of hydrogen-bond acceptors (Lipinski definition) is 6. The van der Waals surface area contributed by atoms with Crippen molar-refractivity contribution < 1.29 is 28.7 Å². The highest BCUT2D eigenvalue weighted by atomic mass is 16.6. The molecular formula is C20H28N2O6. The van der Waals surface area contributed by atoms with E-state index in [4.69, 9.17) is 9.47 Å². The average molecular weight is 392 g/mol. The molecule has 8 nitrogen and oxygen atoms in total. The van der Waals surface area contributed by atoms with E-state index in [0.29, 0.717) is 0 Å². The van der Waals surface area contributed by atoms with Gasteiger partial charge in [0.15, 0.2) is 12.2 Å². The van der Waals surface area contributed by atoms with Crippen LogP contribution in [-0.2, 0) is 19.1 Å². The summed E-state index contributed by atoms with van der Waals surface area (Å²) in [5.74, 6) is -2.31. The molecule has 0 radical (unpaired) electrons. The maximum atomic E-state index is 12.3. The third kappa shape index (κ3) is 7.38. The Morgan fingerprint density at radius 1 is 0.714 bits per heavy atom. The van der Waals surface area contributed by atoms with Crippen LogP contribution in [0.5, 0.6) is 0 Å². The fraction of sp³-hybridized carbons (Fsp3) is 0.500. The summed E-state index contributed by atoms with van der Waals surface area (Å²) in [5.41, 5.74) is 0.191. The van der Waals surface area contributed by atoms with Crippen LogP contribution in [0, 0.1) is 0 Å². The van der Waals surface area contributed by atoms with Crippen molar-refractivity contribution in [3.05, 3.63) is 35.4 Å². The number of amides is 2. The molecule has 8 heteroatoms. The Morgan fingerprint density at radius 3 is 1.39 bits per heavy atom. The number of esters is 2. The normalized spacial score (nSPS) is 12.9. The molecule has 0 bridgehead atoms. The molecule has 0 saturated carbocycles. The second-order valence-corrected chi connectivity index (χ2v) is 7.00. The molecule has 1 aromatic carbocycles. The summed E-state index contributed by atoms with van der Waals surface area (Å²) in [6, 6.07) is 5.54. The van der Waals surface area contributed by atoms with E-state index in [-0.39, 0.29) is 23.2 Å². The van der Waals surface area contributed by atoms with E-state index in [1.165, 1.54) is 38.1 Å². The molecule has 0 aliphatic carbocycles. The molecule has 2 amide bonds. The van der Waals surface area contributed by atoms with Gasteiger partial charge in [-0.1, -0.05) is 6.07 Å². The SMILES string of the molecule is CC(C)NC(=O)[C@@H](C)OC(=O)c1cccc(C(=O)O[C@H](C)C(=O)NC(C)C)c1. The zero-order valence-electron chi connectivity index (χ0n) is 17.1. The van der Waals surface area contributed by atoms with Gasteiger partial charge >= 0.3 is 11.9 Å². The van der Waals surface area contributed by atoms with Gasteiger partial charge in [0.05, 0.1) is 11.1 Å². The number of ether oxygens (including phenoxy) is 2. The van der Waals surface area contributed by atoms with E-state index in [1.807, 2.05) is 0 Å². The van der Waals surface area contributed by atoms with Crippen molar-refractivity contribution in [2.45, 2.75) is 65.8 Å². The molecule has 1 rings (SSSR count). The first-order valence-corrected chi connectivity index (χ1v) is 9.14. The second kappa shape index (κ2) is 10.4. The van der Waals surface area contributed by atoms with Crippen molar-refractivity contribution in [1.82, 2.24) is 10.6 Å². The van der Waals surface area contributed by atoms with Gasteiger partial charge in [-0.15, -0.1) is 0 Å². The van der Waals surface area contributed by atoms with Crippen molar-refractivity contribution >= 4 is 23.8 Å². The van der Waals surface area contributed by atoms with Crippen molar-refractivity contribution in [2.24, 2.45) is 0 Å². The van der Waals surface area contributed by atoms with E-state index >= 15 is 0 Å². The number of hydrogen-bond donors (Lipinski definition) is 2. The minimum absolute atomic E-state index is 0.0818. The fourth-order valence-electron chi connectivity index (χ4n) is 2.14. The third-order valence-electron chi connectivity index (χ3n) is 3.50. The predicted molar refractivity (Wildman–Crippen MR) is 103 cm³/mol. The lowest BCUT2D eigenvalue weighted by atomic mass is 10.1. The standard InChI is InChI=1S/C20H28N2O6/c1-11(2)21-17(23)13(5)27-19(25)15-8-7-9-16(10-15)20(26)28-14(6)18(24)22-12(3)4/h7-14H,1-6H3,(H,21,23)(H,22,24)/t13-,14-/m1/s1. The number of carbonyl (C=O) groups is 4. The van der Waals surface area contributed by atoms with Crippen molar-refractivity contribution in [3.63, 3.8) is 0 Å². The zero-order valence-corrected chi connectivity index (χ0v) is 17.1. The summed E-state index contributed by atoms with van der Waals surface area (Å²) >= 11 is 0. The van der Waals surface area contributed by atoms with Gasteiger partial charge in [-0.3, -0.25) is 9.59 Å². The molecule has 0 fully saturated rings. The molecule has 2 N–H and O–H groups in total. The minimum atomic E-state index is -0.981. The number of rotatable bonds is 8. The summed E-state index contributed by atoms with van der Waals surface area (Å²) in [4.78, 5) is 48.2. The predicted octanol–water partition coefficient (Wildman–Crippen LogP) is 1.83. The van der Waals surface area contributed by atoms with Gasteiger partial charge < -0.3 is 20.1 Å². The number of nitrogens with one attached hydrogen (secondary N) is 2. The minimum Gasteiger partial charge on any atom is -0.449 e. The lowest BCUT2D eigenvalue weighted by Crippen LogP contribution is -2.39. The molecule has 0 heterocycles. The van der Waals surface area contributed by atoms with Crippen LogP contribution < -0.4 is 10.6 Å². The van der Waals surface area contributed by atoms with Gasteiger partial charge in [-0.2, -0.15) is 0 Å². The van der Waals surface area contributed by atoms with Crippen molar-refractivity contribution in [3.8, 4) is 0 Å². The summed E-state index contributed by atoms with van der Waals surface area (Å²) < 4.78 is 10.3. The van der Waals surface area contributed by atoms with Crippen LogP contribution in [0.25, 0.3) is 0 Å². The maximum Gasteiger partial charge on any atom is 0.338 e. The van der Waals surface area contributed by atoms with E-state index in [9.17, 15) is 19.2 Å².